The molecular weight excluding hydrogens is 256 g/mol. The van der Waals surface area contributed by atoms with Gasteiger partial charge in [-0.1, -0.05) is 31.3 Å². The second-order valence-electron chi connectivity index (χ2n) is 5.31. The number of amides is 1. The smallest absolute Gasteiger partial charge is 0.225 e. The van der Waals surface area contributed by atoms with Gasteiger partial charge in [-0.25, -0.2) is 0 Å². The largest absolute Gasteiger partial charge is 0.389 e. The summed E-state index contributed by atoms with van der Waals surface area (Å²) in [6.45, 7) is 5.60. The average Bonchev–Trinajstić information content (AvgIpc) is 2.37. The highest BCUT2D eigenvalue weighted by Crippen LogP contribution is 2.21. The summed E-state index contributed by atoms with van der Waals surface area (Å²) in [5.74, 6) is 0.425. The molecule has 1 heterocycles. The third-order valence-electron chi connectivity index (χ3n) is 3.79. The molecule has 0 spiro atoms. The maximum Gasteiger partial charge on any atom is 0.225 e. The molecule has 1 amide bonds. The van der Waals surface area contributed by atoms with Crippen molar-refractivity contribution in [1.29, 1.82) is 0 Å². The van der Waals surface area contributed by atoms with Crippen LogP contribution in [0.3, 0.4) is 0 Å². The van der Waals surface area contributed by atoms with Crippen molar-refractivity contribution in [2.24, 2.45) is 11.7 Å². The number of nitrogens with two attached hydrogens (primary N) is 1. The van der Waals surface area contributed by atoms with Crippen molar-refractivity contribution in [3.8, 4) is 0 Å². The lowest BCUT2D eigenvalue weighted by atomic mass is 9.97. The van der Waals surface area contributed by atoms with E-state index < -0.39 is 0 Å². The van der Waals surface area contributed by atoms with E-state index in [0.717, 1.165) is 30.5 Å². The maximum absolute atomic E-state index is 12.1. The normalized spacial score (nSPS) is 19.6. The van der Waals surface area contributed by atoms with Gasteiger partial charge >= 0.3 is 0 Å². The number of likely N-dealkylation sites (tertiary alicyclic amines) is 1. The van der Waals surface area contributed by atoms with Gasteiger partial charge in [-0.2, -0.15) is 0 Å². The van der Waals surface area contributed by atoms with E-state index in [2.05, 4.69) is 0 Å². The Labute approximate surface area is 119 Å². The third-order valence-corrected chi connectivity index (χ3v) is 4.02. The minimum Gasteiger partial charge on any atom is -0.389 e. The number of carbonyl (C=O) groups excluding carboxylic acids is 1. The van der Waals surface area contributed by atoms with Gasteiger partial charge in [0.25, 0.3) is 0 Å². The van der Waals surface area contributed by atoms with Crippen LogP contribution in [0.4, 0.5) is 0 Å². The molecule has 1 aromatic rings. The number of benzene rings is 1. The zero-order valence-electron chi connectivity index (χ0n) is 11.5. The van der Waals surface area contributed by atoms with Crippen LogP contribution in [0.5, 0.6) is 0 Å². The zero-order valence-corrected chi connectivity index (χ0v) is 12.3. The molecule has 0 bridgehead atoms. The van der Waals surface area contributed by atoms with Gasteiger partial charge in [0.1, 0.15) is 4.99 Å². The van der Waals surface area contributed by atoms with Crippen molar-refractivity contribution >= 4 is 23.1 Å². The Morgan fingerprint density at radius 2 is 2.26 bits per heavy atom. The van der Waals surface area contributed by atoms with Crippen LogP contribution in [0.2, 0.25) is 0 Å². The van der Waals surface area contributed by atoms with Crippen molar-refractivity contribution < 1.29 is 4.79 Å². The summed E-state index contributed by atoms with van der Waals surface area (Å²) in [7, 11) is 0. The molecule has 1 unspecified atom stereocenters. The summed E-state index contributed by atoms with van der Waals surface area (Å²) in [5.41, 5.74) is 8.81. The molecule has 1 aliphatic heterocycles. The fourth-order valence-corrected chi connectivity index (χ4v) is 2.65. The minimum atomic E-state index is 0.157. The van der Waals surface area contributed by atoms with Crippen LogP contribution in [0, 0.1) is 12.8 Å². The SMILES string of the molecule is Cc1cc(C(N)=S)ccc1CN1CCCC(C)C1=O. The number of thiocarbonyl (C=S) groups is 1. The summed E-state index contributed by atoms with van der Waals surface area (Å²) in [4.78, 5) is 14.5. The molecule has 0 aliphatic carbocycles. The molecule has 2 N–H and O–H groups in total. The first kappa shape index (κ1) is 14.0. The number of aryl methyl sites for hydroxylation is 1. The molecule has 1 aliphatic rings. The Balaban J connectivity index is 2.15. The van der Waals surface area contributed by atoms with Gasteiger partial charge in [-0.05, 0) is 37.0 Å². The first-order chi connectivity index (χ1) is 8.99. The third kappa shape index (κ3) is 3.13. The van der Waals surface area contributed by atoms with Crippen molar-refractivity contribution in [3.63, 3.8) is 0 Å². The van der Waals surface area contributed by atoms with Crippen molar-refractivity contribution in [2.45, 2.75) is 33.2 Å². The highest BCUT2D eigenvalue weighted by Gasteiger charge is 2.25. The van der Waals surface area contributed by atoms with Crippen LogP contribution >= 0.6 is 12.2 Å². The molecule has 2 rings (SSSR count). The summed E-state index contributed by atoms with van der Waals surface area (Å²) < 4.78 is 0. The summed E-state index contributed by atoms with van der Waals surface area (Å²) >= 11 is 4.97. The molecule has 1 aromatic carbocycles. The first-order valence-corrected chi connectivity index (χ1v) is 7.08. The molecule has 0 radical (unpaired) electrons. The van der Waals surface area contributed by atoms with Gasteiger partial charge in [0, 0.05) is 24.6 Å². The second kappa shape index (κ2) is 5.70. The molecule has 0 aromatic heterocycles. The highest BCUT2D eigenvalue weighted by molar-refractivity contribution is 7.80. The van der Waals surface area contributed by atoms with Gasteiger partial charge in [0.2, 0.25) is 5.91 Å². The van der Waals surface area contributed by atoms with E-state index in [1.807, 2.05) is 36.9 Å². The van der Waals surface area contributed by atoms with E-state index in [9.17, 15) is 4.79 Å². The monoisotopic (exact) mass is 276 g/mol. The van der Waals surface area contributed by atoms with E-state index in [1.165, 1.54) is 5.56 Å². The quantitative estimate of drug-likeness (QED) is 0.862. The lowest BCUT2D eigenvalue weighted by Crippen LogP contribution is -2.39. The zero-order chi connectivity index (χ0) is 14.0. The number of nitrogens with zero attached hydrogens (tertiary/aromatic N) is 1. The van der Waals surface area contributed by atoms with Gasteiger partial charge in [-0.3, -0.25) is 4.79 Å². The molecule has 102 valence electrons. The highest BCUT2D eigenvalue weighted by atomic mass is 32.1. The predicted octanol–water partition coefficient (Wildman–Crippen LogP) is 2.39. The minimum absolute atomic E-state index is 0.157. The van der Waals surface area contributed by atoms with Crippen LogP contribution in [-0.4, -0.2) is 22.3 Å². The topological polar surface area (TPSA) is 46.3 Å². The van der Waals surface area contributed by atoms with E-state index in [4.69, 9.17) is 18.0 Å². The standard InChI is InChI=1S/C15H20N2OS/c1-10-4-3-7-17(15(10)18)9-13-6-5-12(14(16)19)8-11(13)2/h5-6,8,10H,3-4,7,9H2,1-2H3,(H2,16,19). The number of rotatable bonds is 3. The van der Waals surface area contributed by atoms with Gasteiger partial charge in [0.15, 0.2) is 0 Å². The average molecular weight is 276 g/mol. The number of piperidine rings is 1. The Morgan fingerprint density at radius 1 is 1.53 bits per heavy atom. The summed E-state index contributed by atoms with van der Waals surface area (Å²) in [6.07, 6.45) is 2.10. The predicted molar refractivity (Wildman–Crippen MR) is 80.9 cm³/mol. The van der Waals surface area contributed by atoms with Crippen molar-refractivity contribution in [1.82, 2.24) is 4.90 Å². The van der Waals surface area contributed by atoms with Crippen LogP contribution in [0.1, 0.15) is 36.5 Å². The van der Waals surface area contributed by atoms with Gasteiger partial charge < -0.3 is 10.6 Å². The fraction of sp³-hybridized carbons (Fsp3) is 0.467. The molecule has 4 heteroatoms. The molecule has 19 heavy (non-hydrogen) atoms. The molecule has 1 fully saturated rings. The Bertz CT molecular complexity index is 513. The molecule has 3 nitrogen and oxygen atoms in total. The van der Waals surface area contributed by atoms with Crippen LogP contribution in [0.25, 0.3) is 0 Å². The van der Waals surface area contributed by atoms with E-state index >= 15 is 0 Å². The number of hydrogen-bond acceptors (Lipinski definition) is 2. The van der Waals surface area contributed by atoms with Crippen molar-refractivity contribution in [2.75, 3.05) is 6.54 Å². The molecule has 1 saturated heterocycles. The second-order valence-corrected chi connectivity index (χ2v) is 5.75. The lowest BCUT2D eigenvalue weighted by molar-refractivity contribution is -0.138. The lowest BCUT2D eigenvalue weighted by Gasteiger charge is -2.31. The summed E-state index contributed by atoms with van der Waals surface area (Å²) in [5, 5.41) is 0. The molecular formula is C15H20N2OS. The first-order valence-electron chi connectivity index (χ1n) is 6.67. The van der Waals surface area contributed by atoms with E-state index in [1.54, 1.807) is 0 Å². The van der Waals surface area contributed by atoms with E-state index in [0.29, 0.717) is 11.5 Å². The number of hydrogen-bond donors (Lipinski definition) is 1. The fourth-order valence-electron chi connectivity index (χ4n) is 2.52. The Kier molecular flexibility index (Phi) is 4.20. The van der Waals surface area contributed by atoms with Gasteiger partial charge in [-0.15, -0.1) is 0 Å². The van der Waals surface area contributed by atoms with E-state index in [-0.39, 0.29) is 11.8 Å². The maximum atomic E-state index is 12.1. The number of carbonyl (C=O) groups is 1. The molecule has 1 atom stereocenters. The Hall–Kier alpha value is -1.42. The summed E-state index contributed by atoms with van der Waals surface area (Å²) in [6, 6.07) is 5.95. The Morgan fingerprint density at radius 3 is 2.89 bits per heavy atom. The van der Waals surface area contributed by atoms with Crippen LogP contribution in [0.15, 0.2) is 18.2 Å². The van der Waals surface area contributed by atoms with Crippen LogP contribution in [-0.2, 0) is 11.3 Å². The van der Waals surface area contributed by atoms with Crippen LogP contribution < -0.4 is 5.73 Å². The van der Waals surface area contributed by atoms with Gasteiger partial charge in [0.05, 0.1) is 0 Å². The molecule has 0 saturated carbocycles. The van der Waals surface area contributed by atoms with Crippen molar-refractivity contribution in [3.05, 3.63) is 34.9 Å².